The summed E-state index contributed by atoms with van der Waals surface area (Å²) in [7, 11) is 0. The van der Waals surface area contributed by atoms with Crippen LogP contribution in [0.2, 0.25) is 0 Å². The highest BCUT2D eigenvalue weighted by atomic mass is 16.5. The number of hydrogen-bond donors (Lipinski definition) is 1. The maximum Gasteiger partial charge on any atom is 0.119 e. The van der Waals surface area contributed by atoms with Crippen molar-refractivity contribution in [3.05, 3.63) is 29.8 Å². The van der Waals surface area contributed by atoms with Crippen LogP contribution in [0.15, 0.2) is 24.3 Å². The summed E-state index contributed by atoms with van der Waals surface area (Å²) in [6.07, 6.45) is 3.39. The lowest BCUT2D eigenvalue weighted by Gasteiger charge is -2.33. The summed E-state index contributed by atoms with van der Waals surface area (Å²) in [5, 5.41) is 0. The molecule has 0 aliphatic rings. The molecule has 0 amide bonds. The average Bonchev–Trinajstić information content (AvgIpc) is 2.36. The summed E-state index contributed by atoms with van der Waals surface area (Å²) in [6, 6.07) is 8.55. The average molecular weight is 291 g/mol. The van der Waals surface area contributed by atoms with Crippen LogP contribution >= 0.6 is 0 Å². The van der Waals surface area contributed by atoms with Crippen LogP contribution < -0.4 is 10.5 Å². The highest BCUT2D eigenvalue weighted by molar-refractivity contribution is 5.32. The molecule has 2 N–H and O–H groups in total. The second-order valence-electron chi connectivity index (χ2n) is 7.91. The zero-order valence-corrected chi connectivity index (χ0v) is 14.7. The van der Waals surface area contributed by atoms with Gasteiger partial charge in [0.2, 0.25) is 0 Å². The molecule has 0 heterocycles. The molecule has 120 valence electrons. The van der Waals surface area contributed by atoms with E-state index in [0.29, 0.717) is 12.0 Å². The standard InChI is InChI=1S/C19H33NO/c1-7-8-17(13-20)21-16-11-9-15(10-12-16)19(5,6)14-18(2,3)4/h9-12,17H,7-8,13-14,20H2,1-6H3. The Morgan fingerprint density at radius 1 is 1.05 bits per heavy atom. The largest absolute Gasteiger partial charge is 0.489 e. The molecule has 0 aliphatic carbocycles. The molecule has 1 aromatic carbocycles. The Morgan fingerprint density at radius 3 is 2.05 bits per heavy atom. The predicted octanol–water partition coefficient (Wildman–Crippen LogP) is 4.91. The molecule has 0 aromatic heterocycles. The van der Waals surface area contributed by atoms with Crippen molar-refractivity contribution >= 4 is 0 Å². The van der Waals surface area contributed by atoms with Crippen molar-refractivity contribution in [2.24, 2.45) is 11.1 Å². The van der Waals surface area contributed by atoms with Crippen molar-refractivity contribution in [3.63, 3.8) is 0 Å². The van der Waals surface area contributed by atoms with Crippen LogP contribution in [0.3, 0.4) is 0 Å². The monoisotopic (exact) mass is 291 g/mol. The lowest BCUT2D eigenvalue weighted by Crippen LogP contribution is -2.26. The zero-order chi connectivity index (χ0) is 16.1. The second kappa shape index (κ2) is 7.31. The number of ether oxygens (including phenoxy) is 1. The van der Waals surface area contributed by atoms with E-state index in [1.165, 1.54) is 5.56 Å². The second-order valence-corrected chi connectivity index (χ2v) is 7.91. The van der Waals surface area contributed by atoms with Crippen molar-refractivity contribution in [2.45, 2.75) is 72.3 Å². The Kier molecular flexibility index (Phi) is 6.27. The van der Waals surface area contributed by atoms with E-state index < -0.39 is 0 Å². The third-order valence-corrected chi connectivity index (χ3v) is 3.78. The minimum Gasteiger partial charge on any atom is -0.489 e. The first-order chi connectivity index (χ1) is 9.68. The molecule has 0 fully saturated rings. The van der Waals surface area contributed by atoms with E-state index in [1.54, 1.807) is 0 Å². The molecule has 0 aliphatic heterocycles. The summed E-state index contributed by atoms with van der Waals surface area (Å²) in [5.74, 6) is 0.925. The fourth-order valence-corrected chi connectivity index (χ4v) is 3.15. The van der Waals surface area contributed by atoms with Gasteiger partial charge in [-0.15, -0.1) is 0 Å². The highest BCUT2D eigenvalue weighted by Gasteiger charge is 2.27. The van der Waals surface area contributed by atoms with Crippen molar-refractivity contribution < 1.29 is 4.74 Å². The van der Waals surface area contributed by atoms with Crippen molar-refractivity contribution in [2.75, 3.05) is 6.54 Å². The Morgan fingerprint density at radius 2 is 1.62 bits per heavy atom. The smallest absolute Gasteiger partial charge is 0.119 e. The van der Waals surface area contributed by atoms with Crippen molar-refractivity contribution in [1.29, 1.82) is 0 Å². The van der Waals surface area contributed by atoms with Crippen LogP contribution in [0, 0.1) is 5.41 Å². The van der Waals surface area contributed by atoms with Gasteiger partial charge in [-0.3, -0.25) is 0 Å². The summed E-state index contributed by atoms with van der Waals surface area (Å²) in [5.41, 5.74) is 7.61. The Labute approximate surface area is 131 Å². The van der Waals surface area contributed by atoms with Gasteiger partial charge < -0.3 is 10.5 Å². The fourth-order valence-electron chi connectivity index (χ4n) is 3.15. The van der Waals surface area contributed by atoms with Crippen LogP contribution in [-0.4, -0.2) is 12.6 Å². The molecule has 0 radical (unpaired) electrons. The van der Waals surface area contributed by atoms with E-state index in [1.807, 2.05) is 0 Å². The molecule has 1 atom stereocenters. The van der Waals surface area contributed by atoms with Gasteiger partial charge in [-0.05, 0) is 41.4 Å². The van der Waals surface area contributed by atoms with Gasteiger partial charge in [0, 0.05) is 6.54 Å². The molecule has 2 nitrogen and oxygen atoms in total. The molecule has 0 bridgehead atoms. The Hall–Kier alpha value is -1.02. The third-order valence-electron chi connectivity index (χ3n) is 3.78. The molecule has 0 spiro atoms. The maximum atomic E-state index is 5.95. The lowest BCUT2D eigenvalue weighted by atomic mass is 9.72. The minimum absolute atomic E-state index is 0.128. The molecule has 1 aromatic rings. The summed E-state index contributed by atoms with van der Waals surface area (Å²) >= 11 is 0. The molecular formula is C19H33NO. The van der Waals surface area contributed by atoms with Gasteiger partial charge in [0.1, 0.15) is 11.9 Å². The number of rotatable bonds is 7. The molecule has 2 heteroatoms. The number of benzene rings is 1. The number of nitrogens with two attached hydrogens (primary N) is 1. The van der Waals surface area contributed by atoms with E-state index >= 15 is 0 Å². The van der Waals surface area contributed by atoms with Crippen molar-refractivity contribution in [3.8, 4) is 5.75 Å². The van der Waals surface area contributed by atoms with Gasteiger partial charge in [-0.2, -0.15) is 0 Å². The van der Waals surface area contributed by atoms with Crippen LogP contribution in [0.25, 0.3) is 0 Å². The van der Waals surface area contributed by atoms with E-state index in [0.717, 1.165) is 25.0 Å². The van der Waals surface area contributed by atoms with E-state index in [2.05, 4.69) is 65.8 Å². The van der Waals surface area contributed by atoms with Crippen molar-refractivity contribution in [1.82, 2.24) is 0 Å². The Bertz CT molecular complexity index is 414. The lowest BCUT2D eigenvalue weighted by molar-refractivity contribution is 0.198. The fraction of sp³-hybridized carbons (Fsp3) is 0.684. The highest BCUT2D eigenvalue weighted by Crippen LogP contribution is 2.36. The van der Waals surface area contributed by atoms with Gasteiger partial charge in [0.05, 0.1) is 0 Å². The molecule has 0 saturated carbocycles. The van der Waals surface area contributed by atoms with Gasteiger partial charge in [0.25, 0.3) is 0 Å². The van der Waals surface area contributed by atoms with E-state index in [4.69, 9.17) is 10.5 Å². The topological polar surface area (TPSA) is 35.2 Å². The van der Waals surface area contributed by atoms with Gasteiger partial charge in [-0.1, -0.05) is 60.1 Å². The Balaban J connectivity index is 2.77. The van der Waals surface area contributed by atoms with Gasteiger partial charge in [-0.25, -0.2) is 0 Å². The van der Waals surface area contributed by atoms with Crippen LogP contribution in [-0.2, 0) is 5.41 Å². The van der Waals surface area contributed by atoms with Crippen LogP contribution in [0.5, 0.6) is 5.75 Å². The SMILES string of the molecule is CCCC(CN)Oc1ccc(C(C)(C)CC(C)(C)C)cc1. The first-order valence-corrected chi connectivity index (χ1v) is 8.15. The third kappa shape index (κ3) is 6.09. The van der Waals surface area contributed by atoms with E-state index in [-0.39, 0.29) is 11.5 Å². The van der Waals surface area contributed by atoms with Crippen LogP contribution in [0.4, 0.5) is 0 Å². The van der Waals surface area contributed by atoms with Gasteiger partial charge >= 0.3 is 0 Å². The minimum atomic E-state index is 0.128. The molecule has 1 rings (SSSR count). The predicted molar refractivity (Wildman–Crippen MR) is 91.9 cm³/mol. The molecule has 0 saturated heterocycles. The molecular weight excluding hydrogens is 258 g/mol. The molecule has 21 heavy (non-hydrogen) atoms. The van der Waals surface area contributed by atoms with Crippen LogP contribution in [0.1, 0.15) is 66.4 Å². The first kappa shape index (κ1) is 18.0. The first-order valence-electron chi connectivity index (χ1n) is 8.15. The normalized spacial score (nSPS) is 14.0. The quantitative estimate of drug-likeness (QED) is 0.775. The van der Waals surface area contributed by atoms with E-state index in [9.17, 15) is 0 Å². The molecule has 1 unspecified atom stereocenters. The summed E-state index contributed by atoms with van der Waals surface area (Å²) in [6.45, 7) is 14.2. The summed E-state index contributed by atoms with van der Waals surface area (Å²) in [4.78, 5) is 0. The summed E-state index contributed by atoms with van der Waals surface area (Å²) < 4.78 is 5.95. The van der Waals surface area contributed by atoms with Gasteiger partial charge in [0.15, 0.2) is 0 Å². The number of hydrogen-bond acceptors (Lipinski definition) is 2. The maximum absolute atomic E-state index is 5.95. The zero-order valence-electron chi connectivity index (χ0n) is 14.7.